The lowest BCUT2D eigenvalue weighted by atomic mass is 10.1. The molecular weight excluding hydrogens is 482 g/mol. The van der Waals surface area contributed by atoms with E-state index in [-0.39, 0.29) is 18.1 Å². The molecular formula is C23H28ClN3O6S. The predicted octanol–water partition coefficient (Wildman–Crippen LogP) is 2.43. The second-order valence-electron chi connectivity index (χ2n) is 7.82. The number of rotatable bonds is 9. The Morgan fingerprint density at radius 1 is 1.12 bits per heavy atom. The van der Waals surface area contributed by atoms with Gasteiger partial charge in [-0.2, -0.15) is 0 Å². The Labute approximate surface area is 204 Å². The molecule has 1 aliphatic rings. The normalized spacial score (nSPS) is 13.6. The van der Waals surface area contributed by atoms with Gasteiger partial charge in [0.15, 0.2) is 11.5 Å². The number of fused-ring (bicyclic) bond motifs is 1. The fourth-order valence-corrected chi connectivity index (χ4v) is 4.59. The standard InChI is InChI=1S/C23H28ClN3O6S/c1-4-25-23(29)16(2)26(14-17-6-5-7-18(24)12-17)22(28)15-27(34(3,30)31)19-8-9-20-21(13-19)33-11-10-32-20/h5-9,12-13,16H,4,10-11,14-15H2,1-3H3,(H,25,29)/t16-/m0/s1. The fourth-order valence-electron chi connectivity index (χ4n) is 3.54. The van der Waals surface area contributed by atoms with Gasteiger partial charge in [-0.15, -0.1) is 0 Å². The average Bonchev–Trinajstić information content (AvgIpc) is 2.79. The fraction of sp³-hybridized carbons (Fsp3) is 0.391. The van der Waals surface area contributed by atoms with Gasteiger partial charge in [-0.05, 0) is 43.7 Å². The monoisotopic (exact) mass is 509 g/mol. The molecule has 0 fully saturated rings. The van der Waals surface area contributed by atoms with E-state index in [0.29, 0.717) is 41.8 Å². The molecule has 2 aromatic rings. The highest BCUT2D eigenvalue weighted by Gasteiger charge is 2.30. The highest BCUT2D eigenvalue weighted by atomic mass is 35.5. The second-order valence-corrected chi connectivity index (χ2v) is 10.2. The van der Waals surface area contributed by atoms with E-state index in [1.165, 1.54) is 11.0 Å². The molecule has 2 amide bonds. The summed E-state index contributed by atoms with van der Waals surface area (Å²) in [5.41, 5.74) is 0.968. The van der Waals surface area contributed by atoms with Crippen LogP contribution in [0.15, 0.2) is 42.5 Å². The molecule has 0 bridgehead atoms. The minimum absolute atomic E-state index is 0.0798. The Balaban J connectivity index is 1.92. The number of halogens is 1. The number of carbonyl (C=O) groups is 2. The van der Waals surface area contributed by atoms with E-state index >= 15 is 0 Å². The zero-order valence-electron chi connectivity index (χ0n) is 19.3. The molecule has 0 saturated carbocycles. The number of sulfonamides is 1. The van der Waals surface area contributed by atoms with Crippen molar-refractivity contribution in [3.8, 4) is 11.5 Å². The van der Waals surface area contributed by atoms with Crippen LogP contribution in [0.25, 0.3) is 0 Å². The number of benzene rings is 2. The Hall–Kier alpha value is -2.98. The van der Waals surface area contributed by atoms with Crippen molar-refractivity contribution in [3.05, 3.63) is 53.1 Å². The van der Waals surface area contributed by atoms with Crippen LogP contribution in [0, 0.1) is 0 Å². The SMILES string of the molecule is CCNC(=O)[C@H](C)N(Cc1cccc(Cl)c1)C(=O)CN(c1ccc2c(c1)OCCO2)S(C)(=O)=O. The third kappa shape index (κ3) is 6.32. The van der Waals surface area contributed by atoms with E-state index in [9.17, 15) is 18.0 Å². The quantitative estimate of drug-likeness (QED) is 0.556. The molecule has 1 aliphatic heterocycles. The minimum Gasteiger partial charge on any atom is -0.486 e. The first-order chi connectivity index (χ1) is 16.1. The number of likely N-dealkylation sites (N-methyl/N-ethyl adjacent to an activating group) is 1. The predicted molar refractivity (Wildman–Crippen MR) is 130 cm³/mol. The summed E-state index contributed by atoms with van der Waals surface area (Å²) in [5.74, 6) is 0.0145. The van der Waals surface area contributed by atoms with Crippen molar-refractivity contribution in [2.24, 2.45) is 0 Å². The van der Waals surface area contributed by atoms with Gasteiger partial charge in [0.2, 0.25) is 21.8 Å². The van der Waals surface area contributed by atoms with Gasteiger partial charge in [-0.25, -0.2) is 8.42 Å². The number of nitrogens with zero attached hydrogens (tertiary/aromatic N) is 2. The van der Waals surface area contributed by atoms with Gasteiger partial charge in [0.25, 0.3) is 0 Å². The van der Waals surface area contributed by atoms with Crippen molar-refractivity contribution in [2.75, 3.05) is 36.9 Å². The van der Waals surface area contributed by atoms with Gasteiger partial charge in [-0.3, -0.25) is 13.9 Å². The van der Waals surface area contributed by atoms with Gasteiger partial charge in [0, 0.05) is 24.2 Å². The molecule has 11 heteroatoms. The van der Waals surface area contributed by atoms with Crippen molar-refractivity contribution < 1.29 is 27.5 Å². The highest BCUT2D eigenvalue weighted by molar-refractivity contribution is 7.92. The van der Waals surface area contributed by atoms with Gasteiger partial charge < -0.3 is 19.7 Å². The number of carbonyl (C=O) groups excluding carboxylic acids is 2. The van der Waals surface area contributed by atoms with Crippen LogP contribution >= 0.6 is 11.6 Å². The van der Waals surface area contributed by atoms with Crippen molar-refractivity contribution >= 4 is 39.1 Å². The third-order valence-electron chi connectivity index (χ3n) is 5.25. The molecule has 1 heterocycles. The van der Waals surface area contributed by atoms with E-state index in [1.807, 2.05) is 0 Å². The zero-order chi connectivity index (χ0) is 24.9. The van der Waals surface area contributed by atoms with Crippen molar-refractivity contribution in [1.82, 2.24) is 10.2 Å². The number of hydrogen-bond acceptors (Lipinski definition) is 6. The van der Waals surface area contributed by atoms with Crippen LogP contribution in [0.2, 0.25) is 5.02 Å². The van der Waals surface area contributed by atoms with Crippen LogP contribution in [0.1, 0.15) is 19.4 Å². The first-order valence-corrected chi connectivity index (χ1v) is 13.0. The molecule has 9 nitrogen and oxygen atoms in total. The Kier molecular flexibility index (Phi) is 8.27. The van der Waals surface area contributed by atoms with Crippen LogP contribution in [0.3, 0.4) is 0 Å². The molecule has 1 atom stereocenters. The zero-order valence-corrected chi connectivity index (χ0v) is 20.9. The molecule has 3 rings (SSSR count). The topological polar surface area (TPSA) is 105 Å². The molecule has 0 aliphatic carbocycles. The summed E-state index contributed by atoms with van der Waals surface area (Å²) in [6.07, 6.45) is 1.02. The van der Waals surface area contributed by atoms with E-state index in [4.69, 9.17) is 21.1 Å². The number of nitrogens with one attached hydrogen (secondary N) is 1. The summed E-state index contributed by atoms with van der Waals surface area (Å²) in [7, 11) is -3.84. The molecule has 2 aromatic carbocycles. The lowest BCUT2D eigenvalue weighted by molar-refractivity contribution is -0.139. The Morgan fingerprint density at radius 3 is 2.47 bits per heavy atom. The van der Waals surface area contributed by atoms with Gasteiger partial charge in [0.05, 0.1) is 11.9 Å². The number of hydrogen-bond donors (Lipinski definition) is 1. The summed E-state index contributed by atoms with van der Waals surface area (Å²) in [6.45, 7) is 4.10. The third-order valence-corrected chi connectivity index (χ3v) is 6.63. The number of anilines is 1. The van der Waals surface area contributed by atoms with Crippen molar-refractivity contribution in [2.45, 2.75) is 26.4 Å². The maximum Gasteiger partial charge on any atom is 0.244 e. The lowest BCUT2D eigenvalue weighted by Crippen LogP contribution is -2.51. The van der Waals surface area contributed by atoms with Crippen LogP contribution in [-0.4, -0.2) is 63.7 Å². The largest absolute Gasteiger partial charge is 0.486 e. The smallest absolute Gasteiger partial charge is 0.244 e. The maximum atomic E-state index is 13.5. The van der Waals surface area contributed by atoms with Crippen LogP contribution in [0.5, 0.6) is 11.5 Å². The summed E-state index contributed by atoms with van der Waals surface area (Å²) < 4.78 is 37.4. The van der Waals surface area contributed by atoms with E-state index < -0.39 is 28.5 Å². The van der Waals surface area contributed by atoms with Crippen LogP contribution in [-0.2, 0) is 26.2 Å². The summed E-state index contributed by atoms with van der Waals surface area (Å²) in [6, 6.07) is 10.8. The van der Waals surface area contributed by atoms with Crippen molar-refractivity contribution in [1.29, 1.82) is 0 Å². The molecule has 0 saturated heterocycles. The first kappa shape index (κ1) is 25.6. The minimum atomic E-state index is -3.84. The van der Waals surface area contributed by atoms with E-state index in [2.05, 4.69) is 5.32 Å². The first-order valence-electron chi connectivity index (χ1n) is 10.8. The number of amides is 2. The molecule has 1 N–H and O–H groups in total. The Morgan fingerprint density at radius 2 is 1.82 bits per heavy atom. The molecule has 34 heavy (non-hydrogen) atoms. The summed E-state index contributed by atoms with van der Waals surface area (Å²) in [5, 5.41) is 3.20. The van der Waals surface area contributed by atoms with Crippen molar-refractivity contribution in [3.63, 3.8) is 0 Å². The molecule has 184 valence electrons. The second kappa shape index (κ2) is 11.0. The molecule has 0 radical (unpaired) electrons. The van der Waals surface area contributed by atoms with E-state index in [1.54, 1.807) is 50.2 Å². The average molecular weight is 510 g/mol. The van der Waals surface area contributed by atoms with Gasteiger partial charge in [-0.1, -0.05) is 23.7 Å². The summed E-state index contributed by atoms with van der Waals surface area (Å²) in [4.78, 5) is 27.4. The molecule has 0 aromatic heterocycles. The molecule has 0 unspecified atom stereocenters. The van der Waals surface area contributed by atoms with Crippen LogP contribution in [0.4, 0.5) is 5.69 Å². The van der Waals surface area contributed by atoms with Gasteiger partial charge >= 0.3 is 0 Å². The maximum absolute atomic E-state index is 13.5. The number of ether oxygens (including phenoxy) is 2. The lowest BCUT2D eigenvalue weighted by Gasteiger charge is -2.31. The summed E-state index contributed by atoms with van der Waals surface area (Å²) >= 11 is 6.09. The highest BCUT2D eigenvalue weighted by Crippen LogP contribution is 2.34. The molecule has 0 spiro atoms. The van der Waals surface area contributed by atoms with E-state index in [0.717, 1.165) is 10.6 Å². The van der Waals surface area contributed by atoms with Gasteiger partial charge in [0.1, 0.15) is 25.8 Å². The van der Waals surface area contributed by atoms with Crippen LogP contribution < -0.4 is 19.1 Å². The Bertz CT molecular complexity index is 1160.